The summed E-state index contributed by atoms with van der Waals surface area (Å²) in [5.41, 5.74) is 1.41. The number of esters is 1. The van der Waals surface area contributed by atoms with Crippen molar-refractivity contribution in [1.29, 1.82) is 0 Å². The number of rotatable bonds is 3. The molecule has 1 aliphatic carbocycles. The number of nitrogens with zero attached hydrogens (tertiary/aromatic N) is 4. The average molecular weight is 455 g/mol. The van der Waals surface area contributed by atoms with E-state index in [9.17, 15) is 9.59 Å². The molecule has 0 N–H and O–H groups in total. The Balaban J connectivity index is 1.57. The van der Waals surface area contributed by atoms with Crippen LogP contribution in [0, 0.1) is 0 Å². The molecule has 3 heterocycles. The van der Waals surface area contributed by atoms with E-state index in [1.807, 2.05) is 36.1 Å². The Kier molecular flexibility index (Phi) is 5.13. The van der Waals surface area contributed by atoms with Crippen LogP contribution in [0.3, 0.4) is 0 Å². The van der Waals surface area contributed by atoms with E-state index < -0.39 is 11.6 Å². The number of halogens is 1. The number of carbonyl (C=O) groups excluding carboxylic acids is 2. The van der Waals surface area contributed by atoms with E-state index in [2.05, 4.69) is 9.88 Å². The van der Waals surface area contributed by atoms with Crippen LogP contribution in [0.4, 0.5) is 0 Å². The maximum absolute atomic E-state index is 13.6. The maximum atomic E-state index is 13.6. The first-order chi connectivity index (χ1) is 15.2. The molecule has 3 aromatic rings. The third-order valence-electron chi connectivity index (χ3n) is 6.08. The molecular formula is C24H27ClN4O3. The molecule has 2 aliphatic rings. The van der Waals surface area contributed by atoms with E-state index in [1.54, 1.807) is 24.5 Å². The second kappa shape index (κ2) is 7.74. The molecule has 168 valence electrons. The molecule has 32 heavy (non-hydrogen) atoms. The molecule has 1 aliphatic heterocycles. The molecule has 1 saturated heterocycles. The number of hydrogen-bond donors (Lipinski definition) is 0. The molecule has 5 rings (SSSR count). The smallest absolute Gasteiger partial charge is 0.359 e. The van der Waals surface area contributed by atoms with Crippen LogP contribution in [0.15, 0.2) is 30.6 Å². The summed E-state index contributed by atoms with van der Waals surface area (Å²) < 4.78 is 7.35. The lowest BCUT2D eigenvalue weighted by Crippen LogP contribution is -2.49. The topological polar surface area (TPSA) is 67.1 Å². The van der Waals surface area contributed by atoms with Crippen LogP contribution in [0.25, 0.3) is 16.4 Å². The summed E-state index contributed by atoms with van der Waals surface area (Å²) in [4.78, 5) is 35.1. The zero-order valence-electron chi connectivity index (χ0n) is 18.6. The minimum atomic E-state index is -0.642. The Morgan fingerprint density at radius 3 is 2.44 bits per heavy atom. The first kappa shape index (κ1) is 21.2. The van der Waals surface area contributed by atoms with E-state index >= 15 is 0 Å². The molecular weight excluding hydrogens is 428 g/mol. The van der Waals surface area contributed by atoms with Gasteiger partial charge in [-0.1, -0.05) is 11.6 Å². The second-order valence-corrected chi connectivity index (χ2v) is 10.1. The van der Waals surface area contributed by atoms with Gasteiger partial charge in [0.05, 0.1) is 16.6 Å². The van der Waals surface area contributed by atoms with Gasteiger partial charge in [-0.3, -0.25) is 14.1 Å². The lowest BCUT2D eigenvalue weighted by molar-refractivity contribution is 0.00656. The highest BCUT2D eigenvalue weighted by Crippen LogP contribution is 2.30. The van der Waals surface area contributed by atoms with Gasteiger partial charge in [0.15, 0.2) is 5.69 Å². The van der Waals surface area contributed by atoms with Gasteiger partial charge in [-0.05, 0) is 57.9 Å². The summed E-state index contributed by atoms with van der Waals surface area (Å²) in [5, 5.41) is 1.30. The molecule has 2 fully saturated rings. The van der Waals surface area contributed by atoms with Crippen LogP contribution in [0.5, 0.6) is 0 Å². The predicted molar refractivity (Wildman–Crippen MR) is 123 cm³/mol. The van der Waals surface area contributed by atoms with Gasteiger partial charge >= 0.3 is 5.97 Å². The van der Waals surface area contributed by atoms with E-state index in [-0.39, 0.29) is 11.6 Å². The molecule has 1 amide bonds. The highest BCUT2D eigenvalue weighted by molar-refractivity contribution is 6.31. The Labute approximate surface area is 191 Å². The Morgan fingerprint density at radius 2 is 1.78 bits per heavy atom. The normalized spacial score (nSPS) is 17.8. The van der Waals surface area contributed by atoms with E-state index in [0.29, 0.717) is 35.2 Å². The van der Waals surface area contributed by atoms with E-state index in [0.717, 1.165) is 24.0 Å². The largest absolute Gasteiger partial charge is 0.455 e. The number of ether oxygens (including phenoxy) is 1. The summed E-state index contributed by atoms with van der Waals surface area (Å²) >= 11 is 6.29. The van der Waals surface area contributed by atoms with Crippen LogP contribution >= 0.6 is 11.6 Å². The Hall–Kier alpha value is -2.64. The molecule has 0 unspecified atom stereocenters. The van der Waals surface area contributed by atoms with Crippen LogP contribution < -0.4 is 0 Å². The lowest BCUT2D eigenvalue weighted by atomic mass is 10.1. The van der Waals surface area contributed by atoms with Gasteiger partial charge in [-0.2, -0.15) is 0 Å². The molecule has 0 radical (unpaired) electrons. The maximum Gasteiger partial charge on any atom is 0.359 e. The average Bonchev–Trinajstić information content (AvgIpc) is 3.50. The number of benzene rings is 1. The number of fused-ring (bicyclic) bond motifs is 3. The van der Waals surface area contributed by atoms with Crippen molar-refractivity contribution in [2.45, 2.75) is 45.3 Å². The molecule has 7 nitrogen and oxygen atoms in total. The third kappa shape index (κ3) is 3.95. The van der Waals surface area contributed by atoms with Gasteiger partial charge in [0.2, 0.25) is 0 Å². The van der Waals surface area contributed by atoms with Crippen LogP contribution in [0.1, 0.15) is 54.5 Å². The molecule has 8 heteroatoms. The summed E-state index contributed by atoms with van der Waals surface area (Å²) in [6.45, 7) is 8.63. The van der Waals surface area contributed by atoms with Gasteiger partial charge in [-0.15, -0.1) is 0 Å². The highest BCUT2D eigenvalue weighted by atomic mass is 35.5. The monoisotopic (exact) mass is 454 g/mol. The van der Waals surface area contributed by atoms with Crippen molar-refractivity contribution in [3.05, 3.63) is 46.9 Å². The summed E-state index contributed by atoms with van der Waals surface area (Å²) in [6.07, 6.45) is 4.12. The van der Waals surface area contributed by atoms with Crippen LogP contribution in [0.2, 0.25) is 5.02 Å². The first-order valence-corrected chi connectivity index (χ1v) is 11.4. The minimum absolute atomic E-state index is 0.0495. The quantitative estimate of drug-likeness (QED) is 0.559. The van der Waals surface area contributed by atoms with Crippen molar-refractivity contribution in [1.82, 2.24) is 19.2 Å². The zero-order chi connectivity index (χ0) is 22.6. The molecule has 0 bridgehead atoms. The van der Waals surface area contributed by atoms with Gasteiger partial charge < -0.3 is 9.64 Å². The molecule has 1 aromatic carbocycles. The second-order valence-electron chi connectivity index (χ2n) is 9.63. The van der Waals surface area contributed by atoms with Gasteiger partial charge in [0.1, 0.15) is 11.9 Å². The van der Waals surface area contributed by atoms with Crippen molar-refractivity contribution in [3.63, 3.8) is 0 Å². The third-order valence-corrected chi connectivity index (χ3v) is 6.32. The standard InChI is InChI=1S/C24H27ClN4O3/c1-24(2,3)32-23(31)21-20-13-18(17-12-15(25)4-7-19(17)29(20)14-26-21)22(30)28-10-8-27(9-11-28)16-5-6-16/h4,7,12-14,16H,5-6,8-11H2,1-3H3. The number of amides is 1. The van der Waals surface area contributed by atoms with Crippen molar-refractivity contribution in [2.75, 3.05) is 26.2 Å². The number of carbonyl (C=O) groups is 2. The van der Waals surface area contributed by atoms with Crippen molar-refractivity contribution in [3.8, 4) is 0 Å². The fraction of sp³-hybridized carbons (Fsp3) is 0.458. The number of aromatic nitrogens is 2. The summed E-state index contributed by atoms with van der Waals surface area (Å²) in [5.74, 6) is -0.559. The van der Waals surface area contributed by atoms with Crippen LogP contribution in [-0.4, -0.2) is 68.9 Å². The molecule has 0 atom stereocenters. The molecule has 2 aromatic heterocycles. The summed E-state index contributed by atoms with van der Waals surface area (Å²) in [6, 6.07) is 7.88. The SMILES string of the molecule is CC(C)(C)OC(=O)c1ncn2c1cc(C(=O)N1CCN(C3CC3)CC1)c1cc(Cl)ccc12. The Bertz CT molecular complexity index is 1220. The highest BCUT2D eigenvalue weighted by Gasteiger charge is 2.33. The van der Waals surface area contributed by atoms with Crippen molar-refractivity contribution >= 4 is 39.9 Å². The van der Waals surface area contributed by atoms with Crippen LogP contribution in [-0.2, 0) is 4.74 Å². The number of imidazole rings is 1. The molecule has 0 spiro atoms. The van der Waals surface area contributed by atoms with E-state index in [1.165, 1.54) is 12.8 Å². The van der Waals surface area contributed by atoms with Gasteiger partial charge in [-0.25, -0.2) is 9.78 Å². The first-order valence-electron chi connectivity index (χ1n) is 11.1. The fourth-order valence-electron chi connectivity index (χ4n) is 4.40. The number of pyridine rings is 1. The Morgan fingerprint density at radius 1 is 1.06 bits per heavy atom. The summed E-state index contributed by atoms with van der Waals surface area (Å²) in [7, 11) is 0. The predicted octanol–water partition coefficient (Wildman–Crippen LogP) is 4.02. The van der Waals surface area contributed by atoms with Gasteiger partial charge in [0.25, 0.3) is 5.91 Å². The minimum Gasteiger partial charge on any atom is -0.455 e. The van der Waals surface area contributed by atoms with E-state index in [4.69, 9.17) is 16.3 Å². The zero-order valence-corrected chi connectivity index (χ0v) is 19.4. The lowest BCUT2D eigenvalue weighted by Gasteiger charge is -2.35. The number of piperazine rings is 1. The number of hydrogen-bond acceptors (Lipinski definition) is 5. The fourth-order valence-corrected chi connectivity index (χ4v) is 4.57. The van der Waals surface area contributed by atoms with Crippen molar-refractivity contribution < 1.29 is 14.3 Å². The van der Waals surface area contributed by atoms with Crippen molar-refractivity contribution in [2.24, 2.45) is 0 Å². The van der Waals surface area contributed by atoms with Gasteiger partial charge in [0, 0.05) is 42.6 Å². The molecule has 1 saturated carbocycles.